The van der Waals surface area contributed by atoms with Crippen molar-refractivity contribution in [2.45, 2.75) is 40.2 Å². The minimum atomic E-state index is -0.374. The van der Waals surface area contributed by atoms with Gasteiger partial charge in [-0.25, -0.2) is 4.79 Å². The minimum absolute atomic E-state index is 0.0577. The molecule has 158 valence electrons. The van der Waals surface area contributed by atoms with Crippen molar-refractivity contribution in [3.63, 3.8) is 0 Å². The van der Waals surface area contributed by atoms with E-state index in [1.54, 1.807) is 25.5 Å². The third kappa shape index (κ3) is 3.97. The molecule has 0 aromatic heterocycles. The number of anilines is 1. The molecule has 0 amide bonds. The zero-order chi connectivity index (χ0) is 22.1. The Kier molecular flexibility index (Phi) is 6.01. The summed E-state index contributed by atoms with van der Waals surface area (Å²) in [5, 5.41) is 0. The molecule has 0 saturated carbocycles. The summed E-state index contributed by atoms with van der Waals surface area (Å²) >= 11 is 0. The SMILES string of the molecule is CCN1c2cc(OC)c(C=Nc3cc(C(=O)OC)ccc3C)cc2C(C)=CC1(C)C. The van der Waals surface area contributed by atoms with Crippen LogP contribution in [-0.4, -0.2) is 38.5 Å². The van der Waals surface area contributed by atoms with E-state index in [2.05, 4.69) is 55.8 Å². The largest absolute Gasteiger partial charge is 0.496 e. The number of nitrogens with zero attached hydrogens (tertiary/aromatic N) is 2. The Morgan fingerprint density at radius 3 is 2.53 bits per heavy atom. The lowest BCUT2D eigenvalue weighted by Crippen LogP contribution is -2.44. The van der Waals surface area contributed by atoms with Crippen molar-refractivity contribution < 1.29 is 14.3 Å². The molecule has 0 bridgehead atoms. The number of allylic oxidation sites excluding steroid dienone is 1. The highest BCUT2D eigenvalue weighted by Crippen LogP contribution is 2.41. The van der Waals surface area contributed by atoms with Crippen molar-refractivity contribution in [1.29, 1.82) is 0 Å². The quantitative estimate of drug-likeness (QED) is 0.482. The van der Waals surface area contributed by atoms with Crippen LogP contribution in [0.3, 0.4) is 0 Å². The zero-order valence-electron chi connectivity index (χ0n) is 18.9. The molecule has 5 nitrogen and oxygen atoms in total. The second kappa shape index (κ2) is 8.34. The topological polar surface area (TPSA) is 51.1 Å². The molecular weight excluding hydrogens is 376 g/mol. The number of esters is 1. The summed E-state index contributed by atoms with van der Waals surface area (Å²) in [4.78, 5) is 18.9. The molecule has 3 rings (SSSR count). The van der Waals surface area contributed by atoms with Crippen molar-refractivity contribution in [3.8, 4) is 5.75 Å². The Bertz CT molecular complexity index is 1030. The van der Waals surface area contributed by atoms with Crippen molar-refractivity contribution in [2.24, 2.45) is 4.99 Å². The van der Waals surface area contributed by atoms with E-state index in [9.17, 15) is 4.79 Å². The molecule has 0 spiro atoms. The molecule has 30 heavy (non-hydrogen) atoms. The Morgan fingerprint density at radius 1 is 1.17 bits per heavy atom. The number of hydrogen-bond donors (Lipinski definition) is 0. The van der Waals surface area contributed by atoms with Gasteiger partial charge in [-0.05, 0) is 64.0 Å². The predicted molar refractivity (Wildman–Crippen MR) is 124 cm³/mol. The van der Waals surface area contributed by atoms with Crippen molar-refractivity contribution >= 4 is 29.1 Å². The van der Waals surface area contributed by atoms with Gasteiger partial charge in [0.15, 0.2) is 0 Å². The number of aliphatic imine (C=N–C) groups is 1. The van der Waals surface area contributed by atoms with Crippen LogP contribution in [0.2, 0.25) is 0 Å². The molecule has 0 atom stereocenters. The molecule has 5 heteroatoms. The van der Waals surface area contributed by atoms with E-state index < -0.39 is 0 Å². The third-order valence-corrected chi connectivity index (χ3v) is 5.62. The van der Waals surface area contributed by atoms with E-state index in [0.717, 1.165) is 29.1 Å². The molecule has 0 N–H and O–H groups in total. The third-order valence-electron chi connectivity index (χ3n) is 5.62. The molecule has 0 fully saturated rings. The van der Waals surface area contributed by atoms with E-state index in [0.29, 0.717) is 5.56 Å². The van der Waals surface area contributed by atoms with Gasteiger partial charge >= 0.3 is 5.97 Å². The van der Waals surface area contributed by atoms with Crippen LogP contribution in [0.5, 0.6) is 5.75 Å². The van der Waals surface area contributed by atoms with Gasteiger partial charge in [0.2, 0.25) is 0 Å². The highest BCUT2D eigenvalue weighted by Gasteiger charge is 2.31. The first-order chi connectivity index (χ1) is 14.2. The fourth-order valence-corrected chi connectivity index (χ4v) is 4.11. The second-order valence-corrected chi connectivity index (χ2v) is 8.09. The molecule has 1 heterocycles. The maximum absolute atomic E-state index is 11.9. The van der Waals surface area contributed by atoms with Gasteiger partial charge in [0, 0.05) is 35.6 Å². The fraction of sp³-hybridized carbons (Fsp3) is 0.360. The summed E-state index contributed by atoms with van der Waals surface area (Å²) in [6, 6.07) is 9.58. The zero-order valence-corrected chi connectivity index (χ0v) is 18.9. The average molecular weight is 407 g/mol. The molecule has 2 aromatic rings. The summed E-state index contributed by atoms with van der Waals surface area (Å²) in [5.74, 6) is 0.393. The smallest absolute Gasteiger partial charge is 0.337 e. The summed E-state index contributed by atoms with van der Waals surface area (Å²) in [5.41, 5.74) is 6.60. The van der Waals surface area contributed by atoms with E-state index >= 15 is 0 Å². The Labute approximate surface area is 179 Å². The second-order valence-electron chi connectivity index (χ2n) is 8.09. The maximum Gasteiger partial charge on any atom is 0.337 e. The molecule has 0 saturated heterocycles. The van der Waals surface area contributed by atoms with Gasteiger partial charge in [-0.2, -0.15) is 0 Å². The molecule has 2 aromatic carbocycles. The number of likely N-dealkylation sites (N-methyl/N-ethyl adjacent to an activating group) is 1. The number of fused-ring (bicyclic) bond motifs is 1. The van der Waals surface area contributed by atoms with Crippen molar-refractivity contribution in [2.75, 3.05) is 25.7 Å². The minimum Gasteiger partial charge on any atom is -0.496 e. The Hall–Kier alpha value is -3.08. The summed E-state index contributed by atoms with van der Waals surface area (Å²) in [6.07, 6.45) is 4.10. The molecular formula is C25H30N2O3. The number of hydrogen-bond acceptors (Lipinski definition) is 5. The number of rotatable bonds is 5. The normalized spacial score (nSPS) is 15.0. The summed E-state index contributed by atoms with van der Waals surface area (Å²) < 4.78 is 10.5. The van der Waals surface area contributed by atoms with E-state index in [4.69, 9.17) is 9.47 Å². The van der Waals surface area contributed by atoms with Crippen LogP contribution in [0.15, 0.2) is 41.4 Å². The van der Waals surface area contributed by atoms with Gasteiger partial charge < -0.3 is 14.4 Å². The van der Waals surface area contributed by atoms with Crippen LogP contribution in [0.4, 0.5) is 11.4 Å². The van der Waals surface area contributed by atoms with Gasteiger partial charge in [-0.15, -0.1) is 0 Å². The van der Waals surface area contributed by atoms with Gasteiger partial charge in [-0.3, -0.25) is 4.99 Å². The Balaban J connectivity index is 2.07. The van der Waals surface area contributed by atoms with Crippen LogP contribution in [0.25, 0.3) is 5.57 Å². The lowest BCUT2D eigenvalue weighted by molar-refractivity contribution is 0.0601. The maximum atomic E-state index is 11.9. The van der Waals surface area contributed by atoms with Gasteiger partial charge in [0.1, 0.15) is 5.75 Å². The number of aryl methyl sites for hydroxylation is 1. The molecule has 0 aliphatic carbocycles. The summed E-state index contributed by atoms with van der Waals surface area (Å²) in [6.45, 7) is 11.6. The van der Waals surface area contributed by atoms with E-state index in [-0.39, 0.29) is 11.5 Å². The number of benzene rings is 2. The molecule has 0 unspecified atom stereocenters. The van der Waals surface area contributed by atoms with Crippen LogP contribution in [-0.2, 0) is 4.74 Å². The van der Waals surface area contributed by atoms with Gasteiger partial charge in [0.25, 0.3) is 0 Å². The first-order valence-electron chi connectivity index (χ1n) is 10.1. The number of carbonyl (C=O) groups excluding carboxylic acids is 1. The first-order valence-corrected chi connectivity index (χ1v) is 10.1. The Morgan fingerprint density at radius 2 is 1.90 bits per heavy atom. The number of ether oxygens (including phenoxy) is 2. The van der Waals surface area contributed by atoms with E-state index in [1.807, 2.05) is 13.0 Å². The fourth-order valence-electron chi connectivity index (χ4n) is 4.11. The highest BCUT2D eigenvalue weighted by molar-refractivity contribution is 5.93. The van der Waals surface area contributed by atoms with Gasteiger partial charge in [-0.1, -0.05) is 12.1 Å². The molecule has 0 radical (unpaired) electrons. The van der Waals surface area contributed by atoms with Crippen LogP contribution < -0.4 is 9.64 Å². The summed E-state index contributed by atoms with van der Waals surface area (Å²) in [7, 11) is 3.05. The standard InChI is InChI=1S/C25H30N2O3/c1-8-27-22-13-23(29-6)19(11-20(22)17(3)14-25(27,4)5)15-26-21-12-18(24(28)30-7)10-9-16(21)2/h9-15H,8H2,1-7H3. The number of methoxy groups -OCH3 is 2. The monoisotopic (exact) mass is 406 g/mol. The van der Waals surface area contributed by atoms with Crippen molar-refractivity contribution in [3.05, 3.63) is 58.7 Å². The first kappa shape index (κ1) is 21.6. The highest BCUT2D eigenvalue weighted by atomic mass is 16.5. The van der Waals surface area contributed by atoms with Crippen LogP contribution >= 0.6 is 0 Å². The average Bonchev–Trinajstić information content (AvgIpc) is 2.71. The van der Waals surface area contributed by atoms with Crippen molar-refractivity contribution in [1.82, 2.24) is 0 Å². The van der Waals surface area contributed by atoms with Crippen LogP contribution in [0.1, 0.15) is 54.7 Å². The van der Waals surface area contributed by atoms with E-state index in [1.165, 1.54) is 23.9 Å². The predicted octanol–water partition coefficient (Wildman–Crippen LogP) is 5.56. The number of carbonyl (C=O) groups is 1. The lowest BCUT2D eigenvalue weighted by atomic mass is 9.88. The van der Waals surface area contributed by atoms with Gasteiger partial charge in [0.05, 0.1) is 31.0 Å². The molecule has 1 aliphatic heterocycles. The van der Waals surface area contributed by atoms with Crippen LogP contribution in [0, 0.1) is 6.92 Å². The molecule has 1 aliphatic rings. The lowest BCUT2D eigenvalue weighted by Gasteiger charge is -2.43.